The predicted molar refractivity (Wildman–Crippen MR) is 142 cm³/mol. The van der Waals surface area contributed by atoms with E-state index < -0.39 is 5.60 Å². The summed E-state index contributed by atoms with van der Waals surface area (Å²) >= 11 is 0. The van der Waals surface area contributed by atoms with Crippen molar-refractivity contribution in [2.24, 2.45) is 0 Å². The molecule has 6 rings (SSSR count). The molecule has 0 saturated carbocycles. The number of aromatic nitrogens is 3. The van der Waals surface area contributed by atoms with E-state index in [2.05, 4.69) is 39.5 Å². The minimum Gasteiger partial charge on any atom is -0.486 e. The Labute approximate surface area is 215 Å². The number of carbonyl (C=O) groups excluding carboxylic acids is 1. The molecule has 0 radical (unpaired) electrons. The monoisotopic (exact) mass is 501 g/mol. The van der Waals surface area contributed by atoms with Gasteiger partial charge in [0.2, 0.25) is 0 Å². The fraction of sp³-hybridized carbons (Fsp3) is 0.393. The van der Waals surface area contributed by atoms with Crippen molar-refractivity contribution in [1.29, 1.82) is 0 Å². The summed E-state index contributed by atoms with van der Waals surface area (Å²) in [6.07, 6.45) is 3.12. The number of benzene rings is 2. The topological polar surface area (TPSA) is 90.7 Å². The third-order valence-electron chi connectivity index (χ3n) is 6.70. The zero-order valence-electron chi connectivity index (χ0n) is 21.4. The molecule has 4 aromatic rings. The lowest BCUT2D eigenvalue weighted by molar-refractivity contribution is 0.0497. The Hall–Kier alpha value is -4.01. The molecule has 0 bridgehead atoms. The summed E-state index contributed by atoms with van der Waals surface area (Å²) in [5, 5.41) is 4.10. The number of hydrogen-bond acceptors (Lipinski definition) is 7. The van der Waals surface area contributed by atoms with Crippen LogP contribution in [0.25, 0.3) is 27.8 Å². The molecule has 1 saturated heterocycles. The van der Waals surface area contributed by atoms with Crippen molar-refractivity contribution in [2.75, 3.05) is 31.2 Å². The van der Waals surface area contributed by atoms with E-state index in [1.165, 1.54) is 0 Å². The molecule has 4 heterocycles. The summed E-state index contributed by atoms with van der Waals surface area (Å²) in [6, 6.07) is 14.4. The molecule has 9 heteroatoms. The van der Waals surface area contributed by atoms with Crippen molar-refractivity contribution in [1.82, 2.24) is 19.9 Å². The number of rotatable bonds is 3. The van der Waals surface area contributed by atoms with E-state index >= 15 is 0 Å². The molecule has 2 aromatic heterocycles. The SMILES string of the molecule is CC(C)(C)OC(=O)NC1CCN(c2cccc3ccc(-n4cnc5cc6c(cc54)OCCO6)nc23)CC1. The maximum atomic E-state index is 12.2. The van der Waals surface area contributed by atoms with Gasteiger partial charge in [-0.2, -0.15) is 0 Å². The zero-order chi connectivity index (χ0) is 25.6. The van der Waals surface area contributed by atoms with Crippen LogP contribution in [-0.2, 0) is 4.74 Å². The Bertz CT molecular complexity index is 1470. The van der Waals surface area contributed by atoms with Crippen LogP contribution in [0.5, 0.6) is 11.5 Å². The quantitative estimate of drug-likeness (QED) is 0.430. The van der Waals surface area contributed by atoms with Crippen molar-refractivity contribution in [3.8, 4) is 17.3 Å². The maximum Gasteiger partial charge on any atom is 0.407 e. The predicted octanol–water partition coefficient (Wildman–Crippen LogP) is 4.84. The van der Waals surface area contributed by atoms with Crippen molar-refractivity contribution in [2.45, 2.75) is 45.3 Å². The summed E-state index contributed by atoms with van der Waals surface area (Å²) in [4.78, 5) is 24.2. The largest absolute Gasteiger partial charge is 0.486 e. The number of ether oxygens (including phenoxy) is 3. The Kier molecular flexibility index (Phi) is 5.78. The molecular weight excluding hydrogens is 470 g/mol. The second-order valence-electron chi connectivity index (χ2n) is 10.5. The molecule has 1 amide bonds. The van der Waals surface area contributed by atoms with Crippen molar-refractivity contribution < 1.29 is 19.0 Å². The molecule has 37 heavy (non-hydrogen) atoms. The third kappa shape index (κ3) is 4.73. The minimum atomic E-state index is -0.502. The number of anilines is 1. The van der Waals surface area contributed by atoms with Gasteiger partial charge in [0.25, 0.3) is 0 Å². The number of imidazole rings is 1. The van der Waals surface area contributed by atoms with Gasteiger partial charge in [-0.15, -0.1) is 0 Å². The van der Waals surface area contributed by atoms with Crippen molar-refractivity contribution in [3.05, 3.63) is 48.8 Å². The molecule has 192 valence electrons. The lowest BCUT2D eigenvalue weighted by Gasteiger charge is -2.34. The van der Waals surface area contributed by atoms with Crippen LogP contribution in [0.1, 0.15) is 33.6 Å². The van der Waals surface area contributed by atoms with E-state index in [4.69, 9.17) is 19.2 Å². The molecule has 2 aromatic carbocycles. The van der Waals surface area contributed by atoms with Gasteiger partial charge in [0, 0.05) is 36.7 Å². The average molecular weight is 502 g/mol. The molecule has 0 atom stereocenters. The van der Waals surface area contributed by atoms with E-state index in [9.17, 15) is 4.79 Å². The van der Waals surface area contributed by atoms with E-state index in [0.717, 1.165) is 70.9 Å². The molecule has 1 fully saturated rings. The molecule has 0 spiro atoms. The van der Waals surface area contributed by atoms with Crippen LogP contribution in [0.15, 0.2) is 48.8 Å². The Morgan fingerprint density at radius 1 is 1.05 bits per heavy atom. The maximum absolute atomic E-state index is 12.2. The highest BCUT2D eigenvalue weighted by atomic mass is 16.6. The van der Waals surface area contributed by atoms with Gasteiger partial charge in [-0.1, -0.05) is 12.1 Å². The van der Waals surface area contributed by atoms with E-state index in [1.54, 1.807) is 6.33 Å². The first-order valence-electron chi connectivity index (χ1n) is 12.8. The Balaban J connectivity index is 1.26. The Morgan fingerprint density at radius 3 is 2.57 bits per heavy atom. The molecule has 0 aliphatic carbocycles. The number of fused-ring (bicyclic) bond motifs is 3. The van der Waals surface area contributed by atoms with Crippen LogP contribution in [-0.4, -0.2) is 58.6 Å². The highest BCUT2D eigenvalue weighted by Crippen LogP contribution is 2.35. The van der Waals surface area contributed by atoms with E-state index in [0.29, 0.717) is 13.2 Å². The van der Waals surface area contributed by atoms with Gasteiger partial charge in [-0.25, -0.2) is 14.8 Å². The van der Waals surface area contributed by atoms with E-state index in [-0.39, 0.29) is 12.1 Å². The van der Waals surface area contributed by atoms with Gasteiger partial charge in [0.15, 0.2) is 11.5 Å². The molecular formula is C28H31N5O4. The van der Waals surface area contributed by atoms with Gasteiger partial charge in [0.1, 0.15) is 31.0 Å². The number of piperidine rings is 1. The van der Waals surface area contributed by atoms with Gasteiger partial charge < -0.3 is 24.4 Å². The highest BCUT2D eigenvalue weighted by molar-refractivity contribution is 5.92. The van der Waals surface area contributed by atoms with Crippen LogP contribution in [0.3, 0.4) is 0 Å². The molecule has 0 unspecified atom stereocenters. The summed E-state index contributed by atoms with van der Waals surface area (Å²) in [5.74, 6) is 2.24. The number of nitrogens with zero attached hydrogens (tertiary/aromatic N) is 4. The first-order valence-corrected chi connectivity index (χ1v) is 12.8. The van der Waals surface area contributed by atoms with Crippen molar-refractivity contribution >= 4 is 33.7 Å². The normalized spacial score (nSPS) is 16.2. The second kappa shape index (κ2) is 9.14. The summed E-state index contributed by atoms with van der Waals surface area (Å²) < 4.78 is 18.9. The standard InChI is InChI=1S/C28H31N5O4/c1-28(2,3)37-27(34)30-19-9-11-32(12-10-19)21-6-4-5-18-7-8-25(31-26(18)21)33-17-29-20-15-23-24(16-22(20)33)36-14-13-35-23/h4-8,15-17,19H,9-14H2,1-3H3,(H,30,34). The lowest BCUT2D eigenvalue weighted by Crippen LogP contribution is -2.46. The van der Waals surface area contributed by atoms with Crippen LogP contribution < -0.4 is 19.7 Å². The molecule has 1 N–H and O–H groups in total. The minimum absolute atomic E-state index is 0.0963. The van der Waals surface area contributed by atoms with Gasteiger partial charge in [0.05, 0.1) is 22.2 Å². The molecule has 9 nitrogen and oxygen atoms in total. The zero-order valence-corrected chi connectivity index (χ0v) is 21.4. The number of alkyl carbamates (subject to hydrolysis) is 1. The van der Waals surface area contributed by atoms with Crippen LogP contribution in [0, 0.1) is 0 Å². The lowest BCUT2D eigenvalue weighted by atomic mass is 10.0. The number of carbonyl (C=O) groups is 1. The molecule has 2 aliphatic heterocycles. The van der Waals surface area contributed by atoms with Gasteiger partial charge >= 0.3 is 6.09 Å². The third-order valence-corrected chi connectivity index (χ3v) is 6.70. The fourth-order valence-corrected chi connectivity index (χ4v) is 4.98. The van der Waals surface area contributed by atoms with Gasteiger partial charge in [-0.3, -0.25) is 4.57 Å². The number of pyridine rings is 1. The fourth-order valence-electron chi connectivity index (χ4n) is 4.98. The first kappa shape index (κ1) is 23.4. The highest BCUT2D eigenvalue weighted by Gasteiger charge is 2.25. The van der Waals surface area contributed by atoms with Crippen LogP contribution in [0.2, 0.25) is 0 Å². The van der Waals surface area contributed by atoms with Crippen LogP contribution >= 0.6 is 0 Å². The average Bonchev–Trinajstić information content (AvgIpc) is 3.28. The number of amides is 1. The summed E-state index contributed by atoms with van der Waals surface area (Å²) in [7, 11) is 0. The Morgan fingerprint density at radius 2 is 1.81 bits per heavy atom. The van der Waals surface area contributed by atoms with Crippen molar-refractivity contribution in [3.63, 3.8) is 0 Å². The summed E-state index contributed by atoms with van der Waals surface area (Å²) in [6.45, 7) is 8.35. The second-order valence-corrected chi connectivity index (χ2v) is 10.5. The molecule has 2 aliphatic rings. The summed E-state index contributed by atoms with van der Waals surface area (Å²) in [5.41, 5.74) is 3.28. The van der Waals surface area contributed by atoms with Crippen LogP contribution in [0.4, 0.5) is 10.5 Å². The smallest absolute Gasteiger partial charge is 0.407 e. The van der Waals surface area contributed by atoms with E-state index in [1.807, 2.05) is 43.5 Å². The first-order chi connectivity index (χ1) is 17.8. The number of para-hydroxylation sites is 1. The van der Waals surface area contributed by atoms with Gasteiger partial charge in [-0.05, 0) is 51.8 Å². The number of hydrogen-bond donors (Lipinski definition) is 1. The number of nitrogens with one attached hydrogen (secondary N) is 1.